The molecule has 0 spiro atoms. The molecule has 5 heteroatoms. The van der Waals surface area contributed by atoms with Crippen LogP contribution in [0.25, 0.3) is 0 Å². The second-order valence-corrected chi connectivity index (χ2v) is 6.46. The number of hydrogen-bond acceptors (Lipinski definition) is 1. The maximum absolute atomic E-state index is 13.5. The minimum Gasteiger partial charge on any atom is -0.355 e. The van der Waals surface area contributed by atoms with Crippen LogP contribution in [0.4, 0.5) is 4.39 Å². The van der Waals surface area contributed by atoms with Crippen LogP contribution in [0.2, 0.25) is 5.02 Å². The summed E-state index contributed by atoms with van der Waals surface area (Å²) < 4.78 is 13.5. The van der Waals surface area contributed by atoms with Gasteiger partial charge in [0, 0.05) is 22.5 Å². The standard InChI is InChI=1S/C14H18BrClFNO/c1-14(2,6-7-15)9-18-13(19)8-10-11(16)4-3-5-12(10)17/h3-5H,6-9H2,1-2H3,(H,18,19). The van der Waals surface area contributed by atoms with Gasteiger partial charge in [-0.1, -0.05) is 47.4 Å². The molecule has 0 aliphatic carbocycles. The van der Waals surface area contributed by atoms with Gasteiger partial charge in [0.15, 0.2) is 0 Å². The Labute approximate surface area is 126 Å². The molecule has 1 N–H and O–H groups in total. The molecule has 0 radical (unpaired) electrons. The number of benzene rings is 1. The molecular formula is C14H18BrClFNO. The molecule has 1 aromatic carbocycles. The van der Waals surface area contributed by atoms with Gasteiger partial charge in [-0.05, 0) is 24.0 Å². The second kappa shape index (κ2) is 7.25. The Kier molecular flexibility index (Phi) is 6.27. The van der Waals surface area contributed by atoms with Crippen LogP contribution >= 0.6 is 27.5 Å². The third-order valence-electron chi connectivity index (χ3n) is 2.93. The normalized spacial score (nSPS) is 11.4. The Hall–Kier alpha value is -0.610. The Balaban J connectivity index is 2.57. The number of halogens is 3. The highest BCUT2D eigenvalue weighted by Crippen LogP contribution is 2.21. The van der Waals surface area contributed by atoms with E-state index < -0.39 is 5.82 Å². The summed E-state index contributed by atoms with van der Waals surface area (Å²) in [5, 5.41) is 4.00. The molecule has 0 bridgehead atoms. The van der Waals surface area contributed by atoms with Gasteiger partial charge in [0.25, 0.3) is 0 Å². The zero-order valence-corrected chi connectivity index (χ0v) is 13.4. The minimum absolute atomic E-state index is 0.0121. The number of rotatable bonds is 6. The highest BCUT2D eigenvalue weighted by Gasteiger charge is 2.19. The summed E-state index contributed by atoms with van der Waals surface area (Å²) in [7, 11) is 0. The van der Waals surface area contributed by atoms with E-state index in [0.717, 1.165) is 11.8 Å². The van der Waals surface area contributed by atoms with Gasteiger partial charge in [0.1, 0.15) is 5.82 Å². The summed E-state index contributed by atoms with van der Waals surface area (Å²) in [6.45, 7) is 4.71. The van der Waals surface area contributed by atoms with Crippen molar-refractivity contribution in [1.82, 2.24) is 5.32 Å². The maximum Gasteiger partial charge on any atom is 0.224 e. The van der Waals surface area contributed by atoms with Crippen LogP contribution in [-0.4, -0.2) is 17.8 Å². The van der Waals surface area contributed by atoms with Gasteiger partial charge in [-0.15, -0.1) is 0 Å². The summed E-state index contributed by atoms with van der Waals surface area (Å²) in [6.07, 6.45) is 0.920. The van der Waals surface area contributed by atoms with Crippen molar-refractivity contribution in [3.63, 3.8) is 0 Å². The van der Waals surface area contributed by atoms with Crippen LogP contribution in [0.5, 0.6) is 0 Å². The van der Waals surface area contributed by atoms with Crippen LogP contribution < -0.4 is 5.32 Å². The predicted octanol–water partition coefficient (Wildman–Crippen LogP) is 3.95. The third-order valence-corrected chi connectivity index (χ3v) is 3.69. The molecule has 0 saturated carbocycles. The van der Waals surface area contributed by atoms with Gasteiger partial charge in [-0.25, -0.2) is 4.39 Å². The minimum atomic E-state index is -0.442. The highest BCUT2D eigenvalue weighted by molar-refractivity contribution is 9.09. The SMILES string of the molecule is CC(C)(CCBr)CNC(=O)Cc1c(F)cccc1Cl. The largest absolute Gasteiger partial charge is 0.355 e. The van der Waals surface area contributed by atoms with Crippen molar-refractivity contribution in [2.75, 3.05) is 11.9 Å². The molecular weight excluding hydrogens is 333 g/mol. The van der Waals surface area contributed by atoms with Crippen molar-refractivity contribution >= 4 is 33.4 Å². The van der Waals surface area contributed by atoms with E-state index in [1.165, 1.54) is 12.1 Å². The van der Waals surface area contributed by atoms with E-state index >= 15 is 0 Å². The molecule has 2 nitrogen and oxygen atoms in total. The van der Waals surface area contributed by atoms with E-state index in [2.05, 4.69) is 35.1 Å². The van der Waals surface area contributed by atoms with Crippen molar-refractivity contribution in [2.24, 2.45) is 5.41 Å². The van der Waals surface area contributed by atoms with Gasteiger partial charge < -0.3 is 5.32 Å². The summed E-state index contributed by atoms with van der Waals surface area (Å²) in [5.74, 6) is -0.656. The summed E-state index contributed by atoms with van der Waals surface area (Å²) in [4.78, 5) is 11.8. The molecule has 0 unspecified atom stereocenters. The first-order valence-corrected chi connectivity index (χ1v) is 7.61. The van der Waals surface area contributed by atoms with Crippen LogP contribution in [0, 0.1) is 11.2 Å². The fourth-order valence-corrected chi connectivity index (χ4v) is 2.91. The molecule has 0 atom stereocenters. The van der Waals surface area contributed by atoms with E-state index in [0.29, 0.717) is 6.54 Å². The van der Waals surface area contributed by atoms with Crippen molar-refractivity contribution in [3.05, 3.63) is 34.6 Å². The van der Waals surface area contributed by atoms with Crippen molar-refractivity contribution in [3.8, 4) is 0 Å². The number of carbonyl (C=O) groups excluding carboxylic acids is 1. The van der Waals surface area contributed by atoms with E-state index in [1.54, 1.807) is 6.07 Å². The van der Waals surface area contributed by atoms with E-state index in [-0.39, 0.29) is 28.3 Å². The van der Waals surface area contributed by atoms with E-state index in [9.17, 15) is 9.18 Å². The van der Waals surface area contributed by atoms with E-state index in [4.69, 9.17) is 11.6 Å². The van der Waals surface area contributed by atoms with Crippen molar-refractivity contribution in [1.29, 1.82) is 0 Å². The lowest BCUT2D eigenvalue weighted by atomic mass is 9.90. The van der Waals surface area contributed by atoms with Gasteiger partial charge >= 0.3 is 0 Å². The lowest BCUT2D eigenvalue weighted by molar-refractivity contribution is -0.120. The average molecular weight is 351 g/mol. The monoisotopic (exact) mass is 349 g/mol. The summed E-state index contributed by atoms with van der Waals surface area (Å²) in [6, 6.07) is 4.42. The Morgan fingerprint density at radius 1 is 1.47 bits per heavy atom. The number of hydrogen-bond donors (Lipinski definition) is 1. The molecule has 106 valence electrons. The fraction of sp³-hybridized carbons (Fsp3) is 0.500. The zero-order valence-electron chi connectivity index (χ0n) is 11.1. The molecule has 1 rings (SSSR count). The number of alkyl halides is 1. The Morgan fingerprint density at radius 3 is 2.74 bits per heavy atom. The lowest BCUT2D eigenvalue weighted by Gasteiger charge is -2.23. The number of amides is 1. The lowest BCUT2D eigenvalue weighted by Crippen LogP contribution is -2.35. The van der Waals surface area contributed by atoms with Crippen LogP contribution in [-0.2, 0) is 11.2 Å². The summed E-state index contributed by atoms with van der Waals surface area (Å²) in [5.41, 5.74) is 0.262. The molecule has 0 saturated heterocycles. The van der Waals surface area contributed by atoms with Crippen molar-refractivity contribution in [2.45, 2.75) is 26.7 Å². The molecule has 1 amide bonds. The van der Waals surface area contributed by atoms with Gasteiger partial charge in [0.2, 0.25) is 5.91 Å². The van der Waals surface area contributed by atoms with Crippen molar-refractivity contribution < 1.29 is 9.18 Å². The van der Waals surface area contributed by atoms with Gasteiger partial charge in [-0.2, -0.15) is 0 Å². The van der Waals surface area contributed by atoms with Crippen LogP contribution in [0.1, 0.15) is 25.8 Å². The number of carbonyl (C=O) groups is 1. The molecule has 0 aliphatic heterocycles. The molecule has 0 aliphatic rings. The summed E-state index contributed by atoms with van der Waals surface area (Å²) >= 11 is 9.27. The first-order valence-electron chi connectivity index (χ1n) is 6.11. The Morgan fingerprint density at radius 2 is 2.16 bits per heavy atom. The molecule has 1 aromatic rings. The smallest absolute Gasteiger partial charge is 0.224 e. The fourth-order valence-electron chi connectivity index (χ4n) is 1.61. The molecule has 0 aromatic heterocycles. The molecule has 0 fully saturated rings. The molecule has 0 heterocycles. The first-order chi connectivity index (χ1) is 8.85. The second-order valence-electron chi connectivity index (χ2n) is 5.26. The topological polar surface area (TPSA) is 29.1 Å². The van der Waals surface area contributed by atoms with E-state index in [1.807, 2.05) is 0 Å². The predicted molar refractivity (Wildman–Crippen MR) is 80.3 cm³/mol. The number of nitrogens with one attached hydrogen (secondary N) is 1. The third kappa shape index (κ3) is 5.49. The highest BCUT2D eigenvalue weighted by atomic mass is 79.9. The first kappa shape index (κ1) is 16.4. The van der Waals surface area contributed by atoms with Crippen LogP contribution in [0.3, 0.4) is 0 Å². The van der Waals surface area contributed by atoms with Gasteiger partial charge in [0.05, 0.1) is 6.42 Å². The van der Waals surface area contributed by atoms with Gasteiger partial charge in [-0.3, -0.25) is 4.79 Å². The quantitative estimate of drug-likeness (QED) is 0.773. The maximum atomic E-state index is 13.5. The van der Waals surface area contributed by atoms with Crippen LogP contribution in [0.15, 0.2) is 18.2 Å². The molecule has 19 heavy (non-hydrogen) atoms. The zero-order chi connectivity index (χ0) is 14.5. The Bertz CT molecular complexity index is 431. The average Bonchev–Trinajstić information content (AvgIpc) is 2.32.